The Bertz CT molecular complexity index is 703. The highest BCUT2D eigenvalue weighted by Crippen LogP contribution is 2.22. The highest BCUT2D eigenvalue weighted by atomic mass is 19.1. The van der Waals surface area contributed by atoms with E-state index in [4.69, 9.17) is 0 Å². The Labute approximate surface area is 127 Å². The van der Waals surface area contributed by atoms with Gasteiger partial charge in [0.15, 0.2) is 0 Å². The number of carbonyl (C=O) groups is 2. The first-order valence-corrected chi connectivity index (χ1v) is 7.05. The summed E-state index contributed by atoms with van der Waals surface area (Å²) in [5.74, 6) is -0.820. The molecule has 5 heteroatoms. The number of para-hydroxylation sites is 1. The lowest BCUT2D eigenvalue weighted by molar-refractivity contribution is -0.121. The van der Waals surface area contributed by atoms with Gasteiger partial charge >= 0.3 is 0 Å². The normalized spacial score (nSPS) is 18.0. The van der Waals surface area contributed by atoms with Gasteiger partial charge in [0.25, 0.3) is 5.91 Å². The van der Waals surface area contributed by atoms with E-state index in [0.717, 1.165) is 5.56 Å². The van der Waals surface area contributed by atoms with Crippen LogP contribution in [0.1, 0.15) is 12.0 Å². The Morgan fingerprint density at radius 2 is 1.86 bits per heavy atom. The minimum atomic E-state index is -0.573. The molecule has 1 unspecified atom stereocenters. The van der Waals surface area contributed by atoms with Crippen LogP contribution >= 0.6 is 0 Å². The molecule has 4 nitrogen and oxygen atoms in total. The summed E-state index contributed by atoms with van der Waals surface area (Å²) in [5, 5.41) is 3.03. The summed E-state index contributed by atoms with van der Waals surface area (Å²) in [5.41, 5.74) is 1.31. The fourth-order valence-electron chi connectivity index (χ4n) is 2.53. The number of rotatable bonds is 4. The first-order chi connectivity index (χ1) is 10.6. The first kappa shape index (κ1) is 14.4. The maximum Gasteiger partial charge on any atom is 0.251 e. The largest absolute Gasteiger partial charge is 0.301 e. The number of hydrogen-bond donors (Lipinski definition) is 1. The molecule has 2 aromatic carbocycles. The van der Waals surface area contributed by atoms with Crippen LogP contribution in [0.2, 0.25) is 0 Å². The van der Waals surface area contributed by atoms with E-state index in [1.165, 1.54) is 17.0 Å². The number of halogens is 1. The van der Waals surface area contributed by atoms with Gasteiger partial charge in [-0.05, 0) is 29.8 Å². The minimum absolute atomic E-state index is 0.114. The van der Waals surface area contributed by atoms with Gasteiger partial charge in [-0.3, -0.25) is 9.59 Å². The Hall–Kier alpha value is -2.53. The molecule has 0 radical (unpaired) electrons. The van der Waals surface area contributed by atoms with Crippen molar-refractivity contribution in [2.24, 2.45) is 0 Å². The third-order valence-corrected chi connectivity index (χ3v) is 3.60. The van der Waals surface area contributed by atoms with E-state index in [2.05, 4.69) is 5.32 Å². The molecule has 1 aliphatic heterocycles. The monoisotopic (exact) mass is 298 g/mol. The van der Waals surface area contributed by atoms with E-state index >= 15 is 0 Å². The van der Waals surface area contributed by atoms with Crippen LogP contribution in [-0.2, 0) is 16.1 Å². The van der Waals surface area contributed by atoms with E-state index in [9.17, 15) is 14.0 Å². The molecule has 1 fully saturated rings. The maximum atomic E-state index is 13.1. The summed E-state index contributed by atoms with van der Waals surface area (Å²) >= 11 is 0. The van der Waals surface area contributed by atoms with Crippen LogP contribution in [0.25, 0.3) is 0 Å². The maximum absolute atomic E-state index is 13.1. The van der Waals surface area contributed by atoms with Gasteiger partial charge in [-0.25, -0.2) is 9.29 Å². The molecule has 0 aliphatic carbocycles. The molecule has 0 saturated carbocycles. The van der Waals surface area contributed by atoms with Crippen LogP contribution in [0.3, 0.4) is 0 Å². The number of benzene rings is 2. The molecule has 1 saturated heterocycles. The third-order valence-electron chi connectivity index (χ3n) is 3.60. The van der Waals surface area contributed by atoms with Crippen molar-refractivity contribution in [3.8, 4) is 0 Å². The molecule has 2 aromatic rings. The lowest BCUT2D eigenvalue weighted by Crippen LogP contribution is -2.38. The molecule has 2 amide bonds. The third kappa shape index (κ3) is 2.89. The van der Waals surface area contributed by atoms with Crippen LogP contribution in [-0.4, -0.2) is 17.9 Å². The minimum Gasteiger partial charge on any atom is -0.301 e. The smallest absolute Gasteiger partial charge is 0.251 e. The zero-order valence-corrected chi connectivity index (χ0v) is 11.8. The molecule has 3 rings (SSSR count). The van der Waals surface area contributed by atoms with Gasteiger partial charge in [-0.15, -0.1) is 0 Å². The summed E-state index contributed by atoms with van der Waals surface area (Å²) < 4.78 is 13.1. The van der Waals surface area contributed by atoms with Gasteiger partial charge in [0.1, 0.15) is 5.82 Å². The molecule has 112 valence electrons. The van der Waals surface area contributed by atoms with Crippen molar-refractivity contribution in [2.75, 3.05) is 4.90 Å². The van der Waals surface area contributed by atoms with E-state index in [0.29, 0.717) is 12.2 Å². The summed E-state index contributed by atoms with van der Waals surface area (Å²) in [7, 11) is 0. The molecule has 1 heterocycles. The molecule has 1 aliphatic rings. The van der Waals surface area contributed by atoms with Crippen LogP contribution in [0, 0.1) is 5.82 Å². The topological polar surface area (TPSA) is 49.4 Å². The van der Waals surface area contributed by atoms with Crippen LogP contribution in [0.4, 0.5) is 10.1 Å². The van der Waals surface area contributed by atoms with Crippen LogP contribution in [0.5, 0.6) is 0 Å². The zero-order chi connectivity index (χ0) is 15.5. The van der Waals surface area contributed by atoms with E-state index < -0.39 is 6.04 Å². The highest BCUT2D eigenvalue weighted by Gasteiger charge is 2.39. The number of nitrogens with one attached hydrogen (secondary N) is 1. The van der Waals surface area contributed by atoms with Crippen LogP contribution < -0.4 is 10.2 Å². The van der Waals surface area contributed by atoms with Crippen molar-refractivity contribution in [3.05, 3.63) is 66.0 Å². The van der Waals surface area contributed by atoms with E-state index in [1.54, 1.807) is 36.4 Å². The van der Waals surface area contributed by atoms with Crippen molar-refractivity contribution >= 4 is 17.5 Å². The van der Waals surface area contributed by atoms with Crippen LogP contribution in [0.15, 0.2) is 54.6 Å². The van der Waals surface area contributed by atoms with Gasteiger partial charge in [-0.2, -0.15) is 0 Å². The fourth-order valence-corrected chi connectivity index (χ4v) is 2.53. The second-order valence-corrected chi connectivity index (χ2v) is 5.17. The zero-order valence-electron chi connectivity index (χ0n) is 11.8. The van der Waals surface area contributed by atoms with E-state index in [1.807, 2.05) is 6.07 Å². The summed E-state index contributed by atoms with van der Waals surface area (Å²) in [4.78, 5) is 25.6. The van der Waals surface area contributed by atoms with Crippen molar-refractivity contribution in [1.29, 1.82) is 0 Å². The summed E-state index contributed by atoms with van der Waals surface area (Å²) in [6.07, 6.45) is 0.114. The Kier molecular flexibility index (Phi) is 3.98. The van der Waals surface area contributed by atoms with Crippen molar-refractivity contribution in [3.63, 3.8) is 0 Å². The van der Waals surface area contributed by atoms with Gasteiger partial charge in [0.05, 0.1) is 18.2 Å². The van der Waals surface area contributed by atoms with Gasteiger partial charge in [0, 0.05) is 6.54 Å². The molecule has 0 spiro atoms. The average Bonchev–Trinajstić information content (AvgIpc) is 2.80. The quantitative estimate of drug-likeness (QED) is 0.881. The molecule has 1 atom stereocenters. The van der Waals surface area contributed by atoms with Crippen molar-refractivity contribution in [2.45, 2.75) is 19.0 Å². The Balaban J connectivity index is 1.69. The number of carbonyl (C=O) groups excluding carboxylic acids is 2. The van der Waals surface area contributed by atoms with Gasteiger partial charge in [0.2, 0.25) is 5.91 Å². The molecular weight excluding hydrogens is 283 g/mol. The predicted octanol–water partition coefficient (Wildman–Crippen LogP) is 2.25. The van der Waals surface area contributed by atoms with Crippen molar-refractivity contribution < 1.29 is 14.0 Å². The molecule has 22 heavy (non-hydrogen) atoms. The van der Waals surface area contributed by atoms with Gasteiger partial charge < -0.3 is 5.32 Å². The summed E-state index contributed by atoms with van der Waals surface area (Å²) in [6.45, 7) is 0.337. The molecule has 0 aromatic heterocycles. The lowest BCUT2D eigenvalue weighted by Gasteiger charge is -2.15. The molecular formula is C17H15FN2O2. The Morgan fingerprint density at radius 3 is 2.59 bits per heavy atom. The van der Waals surface area contributed by atoms with Gasteiger partial charge in [-0.1, -0.05) is 30.3 Å². The number of hydrogen-bond acceptors (Lipinski definition) is 3. The Morgan fingerprint density at radius 1 is 1.09 bits per heavy atom. The second kappa shape index (κ2) is 6.07. The summed E-state index contributed by atoms with van der Waals surface area (Å²) in [6, 6.07) is 14.4. The average molecular weight is 298 g/mol. The number of anilines is 1. The first-order valence-electron chi connectivity index (χ1n) is 7.05. The fraction of sp³-hybridized carbons (Fsp3) is 0.176. The SMILES string of the molecule is O=C1CC(NCc2cccc(F)c2)C(=O)N1c1ccccc1. The van der Waals surface area contributed by atoms with E-state index in [-0.39, 0.29) is 24.1 Å². The van der Waals surface area contributed by atoms with Crippen molar-refractivity contribution in [1.82, 2.24) is 5.32 Å². The standard InChI is InChI=1S/C17H15FN2O2/c18-13-6-4-5-12(9-13)11-19-15-10-16(21)20(17(15)22)14-7-2-1-3-8-14/h1-9,15,19H,10-11H2. The second-order valence-electron chi connectivity index (χ2n) is 5.17. The molecule has 0 bridgehead atoms. The molecule has 1 N–H and O–H groups in total. The lowest BCUT2D eigenvalue weighted by atomic mass is 10.2. The predicted molar refractivity (Wildman–Crippen MR) is 80.6 cm³/mol. The number of imide groups is 1. The number of nitrogens with zero attached hydrogens (tertiary/aromatic N) is 1. The number of amides is 2. The highest BCUT2D eigenvalue weighted by molar-refractivity contribution is 6.22.